The second-order valence-electron chi connectivity index (χ2n) is 8.28. The molecule has 0 N–H and O–H groups in total. The monoisotopic (exact) mass is 343 g/mol. The Kier molecular flexibility index (Phi) is 3.08. The lowest BCUT2D eigenvalue weighted by atomic mass is 9.50. The number of imidazole rings is 1. The van der Waals surface area contributed by atoms with Crippen LogP contribution in [-0.4, -0.2) is 37.0 Å². The minimum absolute atomic E-state index is 0.0647. The van der Waals surface area contributed by atoms with E-state index in [4.69, 9.17) is 4.74 Å². The molecular formula is C17H21N5O3. The fourth-order valence-corrected chi connectivity index (χ4v) is 5.78. The Morgan fingerprint density at radius 2 is 1.88 bits per heavy atom. The molecule has 2 aromatic heterocycles. The van der Waals surface area contributed by atoms with Crippen molar-refractivity contribution in [3.05, 3.63) is 22.5 Å². The summed E-state index contributed by atoms with van der Waals surface area (Å²) >= 11 is 0. The van der Waals surface area contributed by atoms with E-state index >= 15 is 0 Å². The van der Waals surface area contributed by atoms with Gasteiger partial charge in [0, 0.05) is 12.5 Å². The fourth-order valence-electron chi connectivity index (χ4n) is 5.78. The zero-order valence-corrected chi connectivity index (χ0v) is 14.2. The molecule has 0 amide bonds. The van der Waals surface area contributed by atoms with E-state index in [-0.39, 0.29) is 16.8 Å². The van der Waals surface area contributed by atoms with Gasteiger partial charge in [-0.3, -0.25) is 0 Å². The highest BCUT2D eigenvalue weighted by atomic mass is 16.5. The fraction of sp³-hybridized carbons (Fsp3) is 0.706. The van der Waals surface area contributed by atoms with Gasteiger partial charge in [-0.05, 0) is 56.3 Å². The summed E-state index contributed by atoms with van der Waals surface area (Å²) in [7, 11) is 1.50. The van der Waals surface area contributed by atoms with Gasteiger partial charge >= 0.3 is 11.7 Å². The van der Waals surface area contributed by atoms with Gasteiger partial charge in [-0.1, -0.05) is 5.21 Å². The SMILES string of the molecule is Cn1nnc2c(C(=O)OCC34CC5CC(CC(C5)C3)C4)ncn2c1=O. The van der Waals surface area contributed by atoms with Gasteiger partial charge in [-0.15, -0.1) is 5.10 Å². The summed E-state index contributed by atoms with van der Waals surface area (Å²) in [5.41, 5.74) is -0.0203. The molecule has 0 atom stereocenters. The highest BCUT2D eigenvalue weighted by molar-refractivity contribution is 5.93. The normalized spacial score (nSPS) is 33.1. The molecule has 0 unspecified atom stereocenters. The number of rotatable bonds is 3. The van der Waals surface area contributed by atoms with Crippen LogP contribution in [0.5, 0.6) is 0 Å². The summed E-state index contributed by atoms with van der Waals surface area (Å²) in [6, 6.07) is 0. The van der Waals surface area contributed by atoms with Gasteiger partial charge in [0.05, 0.1) is 6.61 Å². The van der Waals surface area contributed by atoms with Crippen molar-refractivity contribution in [3.8, 4) is 0 Å². The van der Waals surface area contributed by atoms with Gasteiger partial charge in [0.1, 0.15) is 6.33 Å². The lowest BCUT2D eigenvalue weighted by Crippen LogP contribution is -2.48. The molecular weight excluding hydrogens is 322 g/mol. The molecule has 0 spiro atoms. The van der Waals surface area contributed by atoms with Gasteiger partial charge in [-0.25, -0.2) is 19.0 Å². The molecule has 8 heteroatoms. The number of esters is 1. The van der Waals surface area contributed by atoms with Crippen molar-refractivity contribution in [2.24, 2.45) is 30.2 Å². The first kappa shape index (κ1) is 15.0. The smallest absolute Gasteiger partial charge is 0.361 e. The van der Waals surface area contributed by atoms with Crippen LogP contribution in [0.1, 0.15) is 49.0 Å². The number of ether oxygens (including phenoxy) is 1. The lowest BCUT2D eigenvalue weighted by Gasteiger charge is -2.56. The van der Waals surface area contributed by atoms with E-state index in [1.807, 2.05) is 0 Å². The number of carbonyl (C=O) groups excluding carboxylic acids is 1. The quantitative estimate of drug-likeness (QED) is 0.778. The third-order valence-corrected chi connectivity index (χ3v) is 6.37. The molecule has 4 bridgehead atoms. The predicted octanol–water partition coefficient (Wildman–Crippen LogP) is 1.20. The summed E-state index contributed by atoms with van der Waals surface area (Å²) < 4.78 is 7.97. The second-order valence-corrected chi connectivity index (χ2v) is 8.28. The Morgan fingerprint density at radius 1 is 1.24 bits per heavy atom. The molecule has 4 fully saturated rings. The van der Waals surface area contributed by atoms with Crippen molar-refractivity contribution in [2.45, 2.75) is 38.5 Å². The van der Waals surface area contributed by atoms with Crippen LogP contribution in [0.2, 0.25) is 0 Å². The summed E-state index contributed by atoms with van der Waals surface area (Å²) in [5.74, 6) is 1.92. The number of nitrogens with zero attached hydrogens (tertiary/aromatic N) is 5. The molecule has 2 heterocycles. The van der Waals surface area contributed by atoms with Crippen molar-refractivity contribution < 1.29 is 9.53 Å². The molecule has 25 heavy (non-hydrogen) atoms. The van der Waals surface area contributed by atoms with Gasteiger partial charge in [-0.2, -0.15) is 4.68 Å². The first-order valence-electron chi connectivity index (χ1n) is 8.97. The largest absolute Gasteiger partial charge is 0.460 e. The molecule has 0 radical (unpaired) electrons. The van der Waals surface area contributed by atoms with Crippen LogP contribution in [0, 0.1) is 23.2 Å². The van der Waals surface area contributed by atoms with Gasteiger partial charge in [0.2, 0.25) is 0 Å². The molecule has 4 saturated carbocycles. The molecule has 8 nitrogen and oxygen atoms in total. The van der Waals surface area contributed by atoms with Crippen molar-refractivity contribution >= 4 is 11.6 Å². The first-order valence-corrected chi connectivity index (χ1v) is 8.97. The van der Waals surface area contributed by atoms with Crippen LogP contribution in [0.15, 0.2) is 11.1 Å². The molecule has 0 aliphatic heterocycles. The Morgan fingerprint density at radius 3 is 2.52 bits per heavy atom. The molecule has 2 aromatic rings. The van der Waals surface area contributed by atoms with Crippen LogP contribution < -0.4 is 5.69 Å². The number of fused-ring (bicyclic) bond motifs is 1. The Labute approximate surface area is 144 Å². The average molecular weight is 343 g/mol. The van der Waals surface area contributed by atoms with Crippen molar-refractivity contribution in [1.82, 2.24) is 24.4 Å². The highest BCUT2D eigenvalue weighted by Crippen LogP contribution is 2.60. The van der Waals surface area contributed by atoms with Crippen LogP contribution in [-0.2, 0) is 11.8 Å². The molecule has 4 aliphatic rings. The topological polar surface area (TPSA) is 91.4 Å². The van der Waals surface area contributed by atoms with Gasteiger partial charge in [0.25, 0.3) is 0 Å². The van der Waals surface area contributed by atoms with Crippen LogP contribution in [0.4, 0.5) is 0 Å². The lowest BCUT2D eigenvalue weighted by molar-refractivity contribution is -0.0848. The molecule has 6 rings (SSSR count). The van der Waals surface area contributed by atoms with Crippen LogP contribution >= 0.6 is 0 Å². The molecule has 0 aromatic carbocycles. The molecule has 4 aliphatic carbocycles. The first-order chi connectivity index (χ1) is 12.0. The number of aromatic nitrogens is 5. The predicted molar refractivity (Wildman–Crippen MR) is 86.9 cm³/mol. The summed E-state index contributed by atoms with van der Waals surface area (Å²) in [6.45, 7) is 0.451. The number of carbonyl (C=O) groups is 1. The molecule has 132 valence electrons. The van der Waals surface area contributed by atoms with E-state index < -0.39 is 11.7 Å². The Bertz CT molecular complexity index is 879. The number of hydrogen-bond acceptors (Lipinski definition) is 6. The Balaban J connectivity index is 1.36. The Hall–Kier alpha value is -2.25. The number of hydrogen-bond donors (Lipinski definition) is 0. The third kappa shape index (κ3) is 2.30. The van der Waals surface area contributed by atoms with E-state index in [0.29, 0.717) is 6.61 Å². The standard InChI is InChI=1S/C17H21N5O3/c1-21-16(24)22-9-18-13(14(22)19-20-21)15(23)25-8-17-5-10-2-11(6-17)4-12(3-10)7-17/h9-12H,2-8H2,1H3. The summed E-state index contributed by atoms with van der Waals surface area (Å²) in [6.07, 6.45) is 8.91. The van der Waals surface area contributed by atoms with E-state index in [0.717, 1.165) is 22.4 Å². The minimum Gasteiger partial charge on any atom is -0.460 e. The number of aryl methyl sites for hydroxylation is 1. The second kappa shape index (κ2) is 5.12. The third-order valence-electron chi connectivity index (χ3n) is 6.37. The summed E-state index contributed by atoms with van der Waals surface area (Å²) in [4.78, 5) is 28.6. The molecule has 0 saturated heterocycles. The zero-order valence-electron chi connectivity index (χ0n) is 14.2. The highest BCUT2D eigenvalue weighted by Gasteiger charge is 2.51. The van der Waals surface area contributed by atoms with Crippen molar-refractivity contribution in [1.29, 1.82) is 0 Å². The van der Waals surface area contributed by atoms with Gasteiger partial charge in [0.15, 0.2) is 11.3 Å². The van der Waals surface area contributed by atoms with Crippen LogP contribution in [0.25, 0.3) is 5.65 Å². The van der Waals surface area contributed by atoms with Crippen molar-refractivity contribution in [2.75, 3.05) is 6.61 Å². The average Bonchev–Trinajstić information content (AvgIpc) is 3.00. The maximum atomic E-state index is 12.5. The van der Waals surface area contributed by atoms with E-state index in [9.17, 15) is 9.59 Å². The maximum absolute atomic E-state index is 12.5. The maximum Gasteiger partial charge on any atom is 0.361 e. The van der Waals surface area contributed by atoms with Crippen molar-refractivity contribution in [3.63, 3.8) is 0 Å². The minimum atomic E-state index is -0.513. The van der Waals surface area contributed by atoms with Crippen LogP contribution in [0.3, 0.4) is 0 Å². The van der Waals surface area contributed by atoms with E-state index in [1.165, 1.54) is 56.3 Å². The van der Waals surface area contributed by atoms with E-state index in [2.05, 4.69) is 15.3 Å². The van der Waals surface area contributed by atoms with Gasteiger partial charge < -0.3 is 4.74 Å². The zero-order chi connectivity index (χ0) is 17.2. The summed E-state index contributed by atoms with van der Waals surface area (Å²) in [5, 5.41) is 7.63. The van der Waals surface area contributed by atoms with E-state index in [1.54, 1.807) is 0 Å².